The molecule has 3 heteroatoms. The van der Waals surface area contributed by atoms with Crippen LogP contribution in [0.3, 0.4) is 0 Å². The first kappa shape index (κ1) is 12.6. The Morgan fingerprint density at radius 3 is 2.89 bits per heavy atom. The molecular weight excluding hydrogens is 290 g/mol. The summed E-state index contributed by atoms with van der Waals surface area (Å²) in [5.41, 5.74) is 3.01. The highest BCUT2D eigenvalue weighted by Crippen LogP contribution is 2.33. The molecule has 1 aromatic carbocycles. The van der Waals surface area contributed by atoms with E-state index in [2.05, 4.69) is 39.4 Å². The molecule has 2 aliphatic rings. The van der Waals surface area contributed by atoms with Crippen molar-refractivity contribution in [3.8, 4) is 0 Å². The highest BCUT2D eigenvalue weighted by Gasteiger charge is 2.23. The lowest BCUT2D eigenvalue weighted by atomic mass is 9.99. The minimum absolute atomic E-state index is 0.566. The molecule has 1 atom stereocenters. The van der Waals surface area contributed by atoms with Gasteiger partial charge in [0.25, 0.3) is 0 Å². The minimum Gasteiger partial charge on any atom is -0.381 e. The molecular formula is C15H20BrNO. The molecule has 2 nitrogen and oxygen atoms in total. The predicted molar refractivity (Wildman–Crippen MR) is 76.7 cm³/mol. The van der Waals surface area contributed by atoms with Crippen LogP contribution < -0.4 is 5.32 Å². The number of halogens is 1. The third-order valence-corrected chi connectivity index (χ3v) is 4.67. The van der Waals surface area contributed by atoms with E-state index in [1.807, 2.05) is 0 Å². The van der Waals surface area contributed by atoms with E-state index < -0.39 is 0 Å². The highest BCUT2D eigenvalue weighted by molar-refractivity contribution is 9.10. The zero-order chi connectivity index (χ0) is 12.4. The standard InChI is InChI=1S/C15H20BrNO/c16-13-2-3-14-12(9-13)1-4-15(14)17-10-11-5-7-18-8-6-11/h2-3,9,11,15,17H,1,4-8,10H2. The van der Waals surface area contributed by atoms with Crippen molar-refractivity contribution in [2.75, 3.05) is 19.8 Å². The summed E-state index contributed by atoms with van der Waals surface area (Å²) >= 11 is 3.55. The Kier molecular flexibility index (Phi) is 4.02. The Labute approximate surface area is 117 Å². The van der Waals surface area contributed by atoms with Gasteiger partial charge in [-0.25, -0.2) is 0 Å². The first-order chi connectivity index (χ1) is 8.83. The molecule has 0 aromatic heterocycles. The van der Waals surface area contributed by atoms with Crippen molar-refractivity contribution in [2.45, 2.75) is 31.7 Å². The molecule has 1 heterocycles. The van der Waals surface area contributed by atoms with Crippen LogP contribution >= 0.6 is 15.9 Å². The zero-order valence-corrected chi connectivity index (χ0v) is 12.2. The second kappa shape index (κ2) is 5.72. The summed E-state index contributed by atoms with van der Waals surface area (Å²) in [5.74, 6) is 0.804. The van der Waals surface area contributed by atoms with Gasteiger partial charge in [0.15, 0.2) is 0 Å². The summed E-state index contributed by atoms with van der Waals surface area (Å²) in [4.78, 5) is 0. The van der Waals surface area contributed by atoms with Gasteiger partial charge in [-0.3, -0.25) is 0 Å². The average molecular weight is 310 g/mol. The largest absolute Gasteiger partial charge is 0.381 e. The Morgan fingerprint density at radius 1 is 1.22 bits per heavy atom. The molecule has 1 aliphatic carbocycles. The number of aryl methyl sites for hydroxylation is 1. The van der Waals surface area contributed by atoms with Crippen LogP contribution in [-0.2, 0) is 11.2 Å². The fourth-order valence-electron chi connectivity index (χ4n) is 3.06. The molecule has 3 rings (SSSR count). The summed E-state index contributed by atoms with van der Waals surface area (Å²) in [5, 5.41) is 3.76. The zero-order valence-electron chi connectivity index (χ0n) is 10.6. The molecule has 1 unspecified atom stereocenters. The van der Waals surface area contributed by atoms with Gasteiger partial charge in [0.1, 0.15) is 0 Å². The third kappa shape index (κ3) is 2.79. The molecule has 0 spiro atoms. The lowest BCUT2D eigenvalue weighted by molar-refractivity contribution is 0.0654. The van der Waals surface area contributed by atoms with E-state index >= 15 is 0 Å². The van der Waals surface area contributed by atoms with Gasteiger partial charge in [-0.05, 0) is 61.4 Å². The van der Waals surface area contributed by atoms with Crippen LogP contribution in [0, 0.1) is 5.92 Å². The maximum atomic E-state index is 5.41. The van der Waals surface area contributed by atoms with Crippen molar-refractivity contribution in [3.63, 3.8) is 0 Å². The molecule has 0 radical (unpaired) electrons. The summed E-state index contributed by atoms with van der Waals surface area (Å²) in [6.45, 7) is 3.03. The van der Waals surface area contributed by atoms with E-state index in [0.717, 1.165) is 25.7 Å². The van der Waals surface area contributed by atoms with Crippen LogP contribution in [0.5, 0.6) is 0 Å². The predicted octanol–water partition coefficient (Wildman–Crippen LogP) is 3.45. The number of rotatable bonds is 3. The van der Waals surface area contributed by atoms with Crippen molar-refractivity contribution in [1.29, 1.82) is 0 Å². The van der Waals surface area contributed by atoms with E-state index in [1.54, 1.807) is 0 Å². The van der Waals surface area contributed by atoms with Crippen molar-refractivity contribution in [3.05, 3.63) is 33.8 Å². The Bertz CT molecular complexity index is 415. The van der Waals surface area contributed by atoms with E-state index in [1.165, 1.54) is 41.3 Å². The molecule has 1 aliphatic heterocycles. The molecule has 0 amide bonds. The molecule has 1 N–H and O–H groups in total. The van der Waals surface area contributed by atoms with Crippen molar-refractivity contribution < 1.29 is 4.74 Å². The Morgan fingerprint density at radius 2 is 2.06 bits per heavy atom. The molecule has 0 bridgehead atoms. The van der Waals surface area contributed by atoms with Gasteiger partial charge in [-0.2, -0.15) is 0 Å². The van der Waals surface area contributed by atoms with Crippen LogP contribution in [0.1, 0.15) is 36.4 Å². The quantitative estimate of drug-likeness (QED) is 0.923. The van der Waals surface area contributed by atoms with Gasteiger partial charge in [0.05, 0.1) is 0 Å². The van der Waals surface area contributed by atoms with Gasteiger partial charge in [0, 0.05) is 23.7 Å². The van der Waals surface area contributed by atoms with Gasteiger partial charge < -0.3 is 10.1 Å². The SMILES string of the molecule is Brc1ccc2c(c1)CCC2NCC1CCOCC1. The molecule has 98 valence electrons. The normalized spacial score (nSPS) is 24.2. The first-order valence-corrected chi connectivity index (χ1v) is 7.71. The smallest absolute Gasteiger partial charge is 0.0469 e. The summed E-state index contributed by atoms with van der Waals surface area (Å²) < 4.78 is 6.61. The lowest BCUT2D eigenvalue weighted by Crippen LogP contribution is -2.29. The highest BCUT2D eigenvalue weighted by atomic mass is 79.9. The molecule has 1 aromatic rings. The van der Waals surface area contributed by atoms with E-state index in [4.69, 9.17) is 4.74 Å². The maximum absolute atomic E-state index is 5.41. The molecule has 1 fully saturated rings. The van der Waals surface area contributed by atoms with E-state index in [9.17, 15) is 0 Å². The molecule has 0 saturated carbocycles. The minimum atomic E-state index is 0.566. The Hall–Kier alpha value is -0.380. The van der Waals surface area contributed by atoms with Crippen molar-refractivity contribution in [1.82, 2.24) is 5.32 Å². The van der Waals surface area contributed by atoms with Gasteiger partial charge in [-0.15, -0.1) is 0 Å². The molecule has 18 heavy (non-hydrogen) atoms. The van der Waals surface area contributed by atoms with Crippen molar-refractivity contribution >= 4 is 15.9 Å². The van der Waals surface area contributed by atoms with E-state index in [-0.39, 0.29) is 0 Å². The number of ether oxygens (including phenoxy) is 1. The summed E-state index contributed by atoms with van der Waals surface area (Å²) in [6.07, 6.45) is 4.88. The van der Waals surface area contributed by atoms with Crippen LogP contribution in [0.4, 0.5) is 0 Å². The summed E-state index contributed by atoms with van der Waals surface area (Å²) in [6, 6.07) is 7.27. The van der Waals surface area contributed by atoms with Gasteiger partial charge in [0.2, 0.25) is 0 Å². The van der Waals surface area contributed by atoms with E-state index in [0.29, 0.717) is 6.04 Å². The Balaban J connectivity index is 1.59. The number of hydrogen-bond donors (Lipinski definition) is 1. The second-order valence-electron chi connectivity index (χ2n) is 5.40. The van der Waals surface area contributed by atoms with Crippen LogP contribution in [-0.4, -0.2) is 19.8 Å². The topological polar surface area (TPSA) is 21.3 Å². The number of hydrogen-bond acceptors (Lipinski definition) is 2. The van der Waals surface area contributed by atoms with Gasteiger partial charge in [-0.1, -0.05) is 22.0 Å². The number of fused-ring (bicyclic) bond motifs is 1. The second-order valence-corrected chi connectivity index (χ2v) is 6.31. The fraction of sp³-hybridized carbons (Fsp3) is 0.600. The third-order valence-electron chi connectivity index (χ3n) is 4.18. The fourth-order valence-corrected chi connectivity index (χ4v) is 3.47. The maximum Gasteiger partial charge on any atom is 0.0469 e. The number of benzene rings is 1. The lowest BCUT2D eigenvalue weighted by Gasteiger charge is -2.24. The summed E-state index contributed by atoms with van der Waals surface area (Å²) in [7, 11) is 0. The van der Waals surface area contributed by atoms with Crippen molar-refractivity contribution in [2.24, 2.45) is 5.92 Å². The van der Waals surface area contributed by atoms with Crippen LogP contribution in [0.15, 0.2) is 22.7 Å². The monoisotopic (exact) mass is 309 g/mol. The molecule has 1 saturated heterocycles. The average Bonchev–Trinajstić information content (AvgIpc) is 2.80. The van der Waals surface area contributed by atoms with Gasteiger partial charge >= 0.3 is 0 Å². The van der Waals surface area contributed by atoms with Crippen LogP contribution in [0.25, 0.3) is 0 Å². The van der Waals surface area contributed by atoms with Crippen LogP contribution in [0.2, 0.25) is 0 Å². The number of nitrogens with one attached hydrogen (secondary N) is 1. The first-order valence-electron chi connectivity index (χ1n) is 6.92.